The maximum atomic E-state index is 6.08. The molecule has 1 aromatic carbocycles. The van der Waals surface area contributed by atoms with E-state index in [-0.39, 0.29) is 31.4 Å². The van der Waals surface area contributed by atoms with Crippen LogP contribution in [0.3, 0.4) is 0 Å². The minimum atomic E-state index is 0. The van der Waals surface area contributed by atoms with Gasteiger partial charge in [-0.25, -0.2) is 0 Å². The Balaban J connectivity index is 0.00000169. The molecule has 1 aliphatic rings. The van der Waals surface area contributed by atoms with Crippen molar-refractivity contribution in [2.24, 2.45) is 5.73 Å². The van der Waals surface area contributed by atoms with Gasteiger partial charge in [-0.3, -0.25) is 9.80 Å². The van der Waals surface area contributed by atoms with Crippen molar-refractivity contribution in [1.29, 1.82) is 0 Å². The minimum absolute atomic E-state index is 0. The highest BCUT2D eigenvalue weighted by molar-refractivity contribution is 6.32. The van der Waals surface area contributed by atoms with Crippen molar-refractivity contribution in [1.82, 2.24) is 19.9 Å². The number of aromatic nitrogens is 2. The maximum absolute atomic E-state index is 6.08. The lowest BCUT2D eigenvalue weighted by Gasteiger charge is -2.33. The largest absolute Gasteiger partial charge is 0.491 e. The average Bonchev–Trinajstić information content (AvgIpc) is 3.06. The van der Waals surface area contributed by atoms with Crippen LogP contribution in [-0.2, 0) is 13.1 Å². The van der Waals surface area contributed by atoms with Crippen molar-refractivity contribution in [3.63, 3.8) is 0 Å². The summed E-state index contributed by atoms with van der Waals surface area (Å²) in [6, 6.07) is 7.55. The van der Waals surface area contributed by atoms with E-state index in [9.17, 15) is 0 Å². The van der Waals surface area contributed by atoms with E-state index in [1.807, 2.05) is 24.3 Å². The van der Waals surface area contributed by atoms with Crippen molar-refractivity contribution in [3.05, 3.63) is 41.0 Å². The maximum Gasteiger partial charge on any atom is 0.240 e. The zero-order chi connectivity index (χ0) is 16.8. The number of benzene rings is 1. The molecule has 26 heavy (non-hydrogen) atoms. The molecule has 0 bridgehead atoms. The first-order valence-corrected chi connectivity index (χ1v) is 8.46. The Morgan fingerprint density at radius 1 is 1.12 bits per heavy atom. The first kappa shape index (κ1) is 23.0. The van der Waals surface area contributed by atoms with Crippen LogP contribution in [0.1, 0.15) is 11.7 Å². The van der Waals surface area contributed by atoms with Crippen molar-refractivity contribution < 1.29 is 9.26 Å². The van der Waals surface area contributed by atoms with Crippen LogP contribution in [0.5, 0.6) is 5.75 Å². The topological polar surface area (TPSA) is 80.7 Å². The Kier molecular flexibility index (Phi) is 10.2. The van der Waals surface area contributed by atoms with Gasteiger partial charge in [0.15, 0.2) is 5.82 Å². The van der Waals surface area contributed by atoms with Crippen LogP contribution in [0.4, 0.5) is 0 Å². The monoisotopic (exact) mass is 423 g/mol. The van der Waals surface area contributed by atoms with Gasteiger partial charge in [0.05, 0.1) is 18.1 Å². The Labute approximate surface area is 170 Å². The molecule has 2 heterocycles. The van der Waals surface area contributed by atoms with E-state index in [2.05, 4.69) is 19.9 Å². The second-order valence-corrected chi connectivity index (χ2v) is 6.11. The Hall–Kier alpha value is -1.09. The normalized spacial score (nSPS) is 15.2. The number of para-hydroxylation sites is 1. The second-order valence-electron chi connectivity index (χ2n) is 5.71. The van der Waals surface area contributed by atoms with Gasteiger partial charge in [-0.1, -0.05) is 28.9 Å². The first-order valence-electron chi connectivity index (χ1n) is 8.08. The number of nitrogens with two attached hydrogens (primary N) is 1. The lowest BCUT2D eigenvalue weighted by atomic mass is 10.3. The lowest BCUT2D eigenvalue weighted by molar-refractivity contribution is 0.110. The molecule has 7 nitrogen and oxygen atoms in total. The molecule has 1 aliphatic heterocycles. The fourth-order valence-electron chi connectivity index (χ4n) is 2.65. The predicted octanol–water partition coefficient (Wildman–Crippen LogP) is 2.22. The molecule has 0 amide bonds. The molecule has 3 rings (SSSR count). The molecule has 2 N–H and O–H groups in total. The molecule has 0 saturated carbocycles. The highest BCUT2D eigenvalue weighted by Crippen LogP contribution is 2.22. The summed E-state index contributed by atoms with van der Waals surface area (Å²) in [5.41, 5.74) is 5.48. The average molecular weight is 425 g/mol. The van der Waals surface area contributed by atoms with Crippen LogP contribution < -0.4 is 10.5 Å². The fourth-order valence-corrected chi connectivity index (χ4v) is 2.85. The molecular weight excluding hydrogens is 401 g/mol. The highest BCUT2D eigenvalue weighted by atomic mass is 35.5. The van der Waals surface area contributed by atoms with Gasteiger partial charge in [-0.2, -0.15) is 4.98 Å². The zero-order valence-corrected chi connectivity index (χ0v) is 16.7. The van der Waals surface area contributed by atoms with Crippen LogP contribution in [0.2, 0.25) is 5.02 Å². The molecule has 1 aromatic heterocycles. The van der Waals surface area contributed by atoms with Crippen LogP contribution in [0, 0.1) is 0 Å². The number of rotatable bonds is 7. The van der Waals surface area contributed by atoms with Crippen molar-refractivity contribution in [2.75, 3.05) is 39.3 Å². The van der Waals surface area contributed by atoms with Gasteiger partial charge in [-0.15, -0.1) is 24.8 Å². The molecule has 0 atom stereocenters. The summed E-state index contributed by atoms with van der Waals surface area (Å²) in [5.74, 6) is 1.93. The van der Waals surface area contributed by atoms with Crippen LogP contribution in [0.15, 0.2) is 28.8 Å². The molecule has 0 radical (unpaired) electrons. The van der Waals surface area contributed by atoms with E-state index >= 15 is 0 Å². The standard InChI is InChI=1S/C16H22ClN5O2.2ClH/c17-13-3-1-2-4-14(13)23-10-9-21-5-7-22(8-6-21)12-15-19-16(11-18)24-20-15;;/h1-4H,5-12,18H2;2*1H. The molecule has 2 aromatic rings. The zero-order valence-electron chi connectivity index (χ0n) is 14.3. The second kappa shape index (κ2) is 11.6. The number of piperazine rings is 1. The van der Waals surface area contributed by atoms with E-state index in [1.165, 1.54) is 0 Å². The number of nitrogens with zero attached hydrogens (tertiary/aromatic N) is 4. The van der Waals surface area contributed by atoms with Crippen LogP contribution in [0.25, 0.3) is 0 Å². The first-order chi connectivity index (χ1) is 11.7. The quantitative estimate of drug-likeness (QED) is 0.730. The molecular formula is C16H24Cl3N5O2. The number of hydrogen-bond acceptors (Lipinski definition) is 7. The summed E-state index contributed by atoms with van der Waals surface area (Å²) in [6.07, 6.45) is 0. The third kappa shape index (κ3) is 6.57. The van der Waals surface area contributed by atoms with Crippen molar-refractivity contribution in [2.45, 2.75) is 13.1 Å². The van der Waals surface area contributed by atoms with Crippen molar-refractivity contribution in [3.8, 4) is 5.75 Å². The molecule has 0 unspecified atom stereocenters. The molecule has 1 fully saturated rings. The van der Waals surface area contributed by atoms with E-state index in [0.29, 0.717) is 29.9 Å². The van der Waals surface area contributed by atoms with Crippen LogP contribution >= 0.6 is 36.4 Å². The Bertz CT molecular complexity index is 650. The van der Waals surface area contributed by atoms with Crippen LogP contribution in [-0.4, -0.2) is 59.3 Å². The highest BCUT2D eigenvalue weighted by Gasteiger charge is 2.18. The fraction of sp³-hybridized carbons (Fsp3) is 0.500. The van der Waals surface area contributed by atoms with Gasteiger partial charge in [0, 0.05) is 32.7 Å². The minimum Gasteiger partial charge on any atom is -0.491 e. The smallest absolute Gasteiger partial charge is 0.240 e. The number of halogens is 3. The van der Waals surface area contributed by atoms with E-state index < -0.39 is 0 Å². The molecule has 0 aliphatic carbocycles. The Morgan fingerprint density at radius 3 is 2.46 bits per heavy atom. The molecule has 0 spiro atoms. The molecule has 10 heteroatoms. The van der Waals surface area contributed by atoms with Gasteiger partial charge in [0.2, 0.25) is 5.89 Å². The summed E-state index contributed by atoms with van der Waals surface area (Å²) >= 11 is 6.08. The third-order valence-electron chi connectivity index (χ3n) is 4.02. The third-order valence-corrected chi connectivity index (χ3v) is 4.33. The Morgan fingerprint density at radius 2 is 1.81 bits per heavy atom. The summed E-state index contributed by atoms with van der Waals surface area (Å²) < 4.78 is 10.8. The lowest BCUT2D eigenvalue weighted by Crippen LogP contribution is -2.47. The van der Waals surface area contributed by atoms with E-state index in [0.717, 1.165) is 38.5 Å². The van der Waals surface area contributed by atoms with E-state index in [1.54, 1.807) is 0 Å². The molecule has 1 saturated heterocycles. The number of ether oxygens (including phenoxy) is 1. The summed E-state index contributed by atoms with van der Waals surface area (Å²) in [5, 5.41) is 4.59. The summed E-state index contributed by atoms with van der Waals surface area (Å²) in [7, 11) is 0. The number of hydrogen-bond donors (Lipinski definition) is 1. The van der Waals surface area contributed by atoms with Gasteiger partial charge in [-0.05, 0) is 12.1 Å². The van der Waals surface area contributed by atoms with Gasteiger partial charge >= 0.3 is 0 Å². The van der Waals surface area contributed by atoms with Crippen molar-refractivity contribution >= 4 is 36.4 Å². The van der Waals surface area contributed by atoms with Gasteiger partial charge in [0.25, 0.3) is 0 Å². The van der Waals surface area contributed by atoms with Gasteiger partial charge in [0.1, 0.15) is 12.4 Å². The van der Waals surface area contributed by atoms with Gasteiger partial charge < -0.3 is 15.0 Å². The molecule has 146 valence electrons. The van der Waals surface area contributed by atoms with E-state index in [4.69, 9.17) is 26.6 Å². The SMILES string of the molecule is Cl.Cl.NCc1nc(CN2CCN(CCOc3ccccc3Cl)CC2)no1. The summed E-state index contributed by atoms with van der Waals surface area (Å²) in [4.78, 5) is 8.94. The predicted molar refractivity (Wildman–Crippen MR) is 105 cm³/mol. The summed E-state index contributed by atoms with van der Waals surface area (Å²) in [6.45, 7) is 6.44.